The van der Waals surface area contributed by atoms with Crippen molar-refractivity contribution in [1.29, 1.82) is 10.5 Å². The van der Waals surface area contributed by atoms with E-state index in [0.29, 0.717) is 13.1 Å². The molecule has 1 heterocycles. The van der Waals surface area contributed by atoms with Crippen LogP contribution < -0.4 is 11.3 Å². The van der Waals surface area contributed by atoms with Gasteiger partial charge in [0.25, 0.3) is 0 Å². The van der Waals surface area contributed by atoms with E-state index in [1.54, 1.807) is 5.01 Å². The Morgan fingerprint density at radius 2 is 1.65 bits per heavy atom. The molecule has 0 unspecified atom stereocenters. The Kier molecular flexibility index (Phi) is 4.31. The maximum atomic E-state index is 9.44. The minimum atomic E-state index is -0.631. The number of hydrazone groups is 1. The fourth-order valence-electron chi connectivity index (χ4n) is 2.33. The summed E-state index contributed by atoms with van der Waals surface area (Å²) >= 11 is 0. The molecule has 3 N–H and O–H groups in total. The summed E-state index contributed by atoms with van der Waals surface area (Å²) in [6.45, 7) is 7.98. The maximum absolute atomic E-state index is 9.44. The van der Waals surface area contributed by atoms with E-state index in [4.69, 9.17) is 5.84 Å². The van der Waals surface area contributed by atoms with Crippen molar-refractivity contribution in [2.45, 2.75) is 44.9 Å². The van der Waals surface area contributed by atoms with Gasteiger partial charge < -0.3 is 0 Å². The quantitative estimate of drug-likeness (QED) is 0.827. The SMILES string of the molecule is CC(C)(C#N)c1cc(CC2=NNCN2N)cc(C(C)(C)C#N)c1. The normalized spacial score (nSPS) is 14.7. The lowest BCUT2D eigenvalue weighted by atomic mass is 9.78. The van der Waals surface area contributed by atoms with Gasteiger partial charge in [0, 0.05) is 6.42 Å². The largest absolute Gasteiger partial charge is 0.287 e. The fraction of sp³-hybridized carbons (Fsp3) is 0.471. The molecule has 6 nitrogen and oxygen atoms in total. The number of amidine groups is 1. The molecule has 0 amide bonds. The third-order valence-corrected chi connectivity index (χ3v) is 4.14. The lowest BCUT2D eigenvalue weighted by molar-refractivity contribution is 0.441. The molecule has 0 aromatic heterocycles. The van der Waals surface area contributed by atoms with E-state index in [-0.39, 0.29) is 0 Å². The second-order valence-electron chi connectivity index (χ2n) is 6.88. The van der Waals surface area contributed by atoms with Crippen LogP contribution in [0.5, 0.6) is 0 Å². The van der Waals surface area contributed by atoms with Gasteiger partial charge in [-0.25, -0.2) is 5.84 Å². The standard InChI is InChI=1S/C17H22N6/c1-16(2,9-18)13-5-12(7-15-22-21-11-23(15)20)6-14(8-13)17(3,4)10-19/h5-6,8,21H,7,11,20H2,1-4H3. The third kappa shape index (κ3) is 3.44. The van der Waals surface area contributed by atoms with E-state index in [2.05, 4.69) is 22.7 Å². The van der Waals surface area contributed by atoms with Gasteiger partial charge in [-0.15, -0.1) is 0 Å². The zero-order valence-corrected chi connectivity index (χ0v) is 14.0. The number of nitrogens with two attached hydrogens (primary N) is 1. The van der Waals surface area contributed by atoms with Gasteiger partial charge in [0.2, 0.25) is 0 Å². The maximum Gasteiger partial charge on any atom is 0.144 e. The molecule has 0 spiro atoms. The lowest BCUT2D eigenvalue weighted by Gasteiger charge is -2.23. The predicted octanol–water partition coefficient (Wildman–Crippen LogP) is 1.88. The van der Waals surface area contributed by atoms with E-state index in [1.807, 2.05) is 45.9 Å². The van der Waals surface area contributed by atoms with Crippen molar-refractivity contribution in [3.05, 3.63) is 34.9 Å². The van der Waals surface area contributed by atoms with Crippen LogP contribution in [-0.4, -0.2) is 17.5 Å². The summed E-state index contributed by atoms with van der Waals surface area (Å²) in [5, 5.41) is 24.6. The highest BCUT2D eigenvalue weighted by Gasteiger charge is 2.26. The number of hydrazine groups is 1. The Morgan fingerprint density at radius 1 is 1.13 bits per heavy atom. The summed E-state index contributed by atoms with van der Waals surface area (Å²) in [6, 6.07) is 10.6. The second kappa shape index (κ2) is 5.91. The highest BCUT2D eigenvalue weighted by molar-refractivity contribution is 5.84. The van der Waals surface area contributed by atoms with Crippen molar-refractivity contribution in [3.8, 4) is 12.1 Å². The van der Waals surface area contributed by atoms with Crippen LogP contribution in [0, 0.1) is 22.7 Å². The van der Waals surface area contributed by atoms with Crippen LogP contribution in [0.25, 0.3) is 0 Å². The molecule has 6 heteroatoms. The van der Waals surface area contributed by atoms with Crippen molar-refractivity contribution in [3.63, 3.8) is 0 Å². The zero-order chi connectivity index (χ0) is 17.3. The average Bonchev–Trinajstić information content (AvgIpc) is 2.92. The van der Waals surface area contributed by atoms with Gasteiger partial charge in [-0.05, 0) is 44.4 Å². The Bertz CT molecular complexity index is 673. The Labute approximate surface area is 137 Å². The molecule has 1 aromatic carbocycles. The molecule has 0 aliphatic carbocycles. The van der Waals surface area contributed by atoms with Gasteiger partial charge >= 0.3 is 0 Å². The van der Waals surface area contributed by atoms with Crippen LogP contribution in [0.3, 0.4) is 0 Å². The van der Waals surface area contributed by atoms with E-state index in [1.165, 1.54) is 0 Å². The molecule has 1 aliphatic rings. The van der Waals surface area contributed by atoms with Gasteiger partial charge in [0.05, 0.1) is 23.0 Å². The van der Waals surface area contributed by atoms with E-state index in [0.717, 1.165) is 22.5 Å². The van der Waals surface area contributed by atoms with Crippen LogP contribution in [-0.2, 0) is 17.3 Å². The Morgan fingerprint density at radius 3 is 2.04 bits per heavy atom. The summed E-state index contributed by atoms with van der Waals surface area (Å²) in [5.74, 6) is 6.60. The number of benzene rings is 1. The van der Waals surface area contributed by atoms with Crippen LogP contribution in [0.15, 0.2) is 23.3 Å². The van der Waals surface area contributed by atoms with Crippen LogP contribution in [0.2, 0.25) is 0 Å². The molecule has 0 fully saturated rings. The molecule has 1 aromatic rings. The molecule has 23 heavy (non-hydrogen) atoms. The first-order valence-electron chi connectivity index (χ1n) is 7.49. The first kappa shape index (κ1) is 16.8. The fourth-order valence-corrected chi connectivity index (χ4v) is 2.33. The van der Waals surface area contributed by atoms with Crippen molar-refractivity contribution in [1.82, 2.24) is 10.4 Å². The Balaban J connectivity index is 2.50. The molecule has 0 radical (unpaired) electrons. The van der Waals surface area contributed by atoms with Crippen molar-refractivity contribution in [2.24, 2.45) is 10.9 Å². The first-order valence-corrected chi connectivity index (χ1v) is 7.49. The molecule has 0 saturated heterocycles. The van der Waals surface area contributed by atoms with Gasteiger partial charge in [-0.1, -0.05) is 18.2 Å². The van der Waals surface area contributed by atoms with Gasteiger partial charge in [-0.2, -0.15) is 15.6 Å². The van der Waals surface area contributed by atoms with E-state index < -0.39 is 10.8 Å². The van der Waals surface area contributed by atoms with Gasteiger partial charge in [0.1, 0.15) is 12.5 Å². The highest BCUT2D eigenvalue weighted by atomic mass is 15.6. The molecule has 0 atom stereocenters. The number of nitriles is 2. The molecular formula is C17H22N6. The number of nitrogens with one attached hydrogen (secondary N) is 1. The Hall–Kier alpha value is -2.57. The number of hydrogen-bond acceptors (Lipinski definition) is 6. The van der Waals surface area contributed by atoms with Crippen LogP contribution in [0.1, 0.15) is 44.4 Å². The summed E-state index contributed by atoms with van der Waals surface area (Å²) < 4.78 is 0. The second-order valence-corrected chi connectivity index (χ2v) is 6.88. The van der Waals surface area contributed by atoms with Gasteiger partial charge in [0.15, 0.2) is 0 Å². The van der Waals surface area contributed by atoms with Crippen LogP contribution in [0.4, 0.5) is 0 Å². The van der Waals surface area contributed by atoms with Crippen LogP contribution >= 0.6 is 0 Å². The van der Waals surface area contributed by atoms with Gasteiger partial charge in [-0.3, -0.25) is 10.4 Å². The average molecular weight is 310 g/mol. The summed E-state index contributed by atoms with van der Waals surface area (Å²) in [5.41, 5.74) is 4.35. The molecule has 2 rings (SSSR count). The number of rotatable bonds is 4. The molecule has 0 saturated carbocycles. The monoisotopic (exact) mass is 310 g/mol. The summed E-state index contributed by atoms with van der Waals surface area (Å²) in [4.78, 5) is 0. The van der Waals surface area contributed by atoms with Crippen molar-refractivity contribution >= 4 is 5.84 Å². The highest BCUT2D eigenvalue weighted by Crippen LogP contribution is 2.30. The molecule has 120 valence electrons. The third-order valence-electron chi connectivity index (χ3n) is 4.14. The number of nitrogens with zero attached hydrogens (tertiary/aromatic N) is 4. The summed E-state index contributed by atoms with van der Waals surface area (Å²) in [6.07, 6.45) is 0.549. The molecular weight excluding hydrogens is 288 g/mol. The molecule has 1 aliphatic heterocycles. The minimum absolute atomic E-state index is 0.481. The minimum Gasteiger partial charge on any atom is -0.287 e. The first-order chi connectivity index (χ1) is 10.7. The smallest absolute Gasteiger partial charge is 0.144 e. The molecule has 0 bridgehead atoms. The van der Waals surface area contributed by atoms with E-state index >= 15 is 0 Å². The summed E-state index contributed by atoms with van der Waals surface area (Å²) in [7, 11) is 0. The zero-order valence-electron chi connectivity index (χ0n) is 14.0. The predicted molar refractivity (Wildman–Crippen MR) is 88.9 cm³/mol. The van der Waals surface area contributed by atoms with E-state index in [9.17, 15) is 10.5 Å². The topological polar surface area (TPSA) is 101 Å². The number of hydrogen-bond donors (Lipinski definition) is 2. The van der Waals surface area contributed by atoms with Crippen molar-refractivity contribution < 1.29 is 0 Å². The lowest BCUT2D eigenvalue weighted by Crippen LogP contribution is -2.37. The van der Waals surface area contributed by atoms with Crippen molar-refractivity contribution in [2.75, 3.05) is 6.67 Å².